The average molecular weight is 382 g/mol. The largest absolute Gasteiger partial charge is 0.461 e. The van der Waals surface area contributed by atoms with E-state index < -0.39 is 56.9 Å². The second-order valence-corrected chi connectivity index (χ2v) is 7.57. The maximum Gasteiger partial charge on any atom is 0.338 e. The summed E-state index contributed by atoms with van der Waals surface area (Å²) in [6.45, 7) is -1.06. The van der Waals surface area contributed by atoms with E-state index in [9.17, 15) is 26.4 Å². The fraction of sp³-hybridized carbons (Fsp3) is 0.333. The Kier molecular flexibility index (Phi) is 6.83. The highest BCUT2D eigenvalue weighted by atomic mass is 32.2. The van der Waals surface area contributed by atoms with Crippen molar-refractivity contribution in [2.24, 2.45) is 0 Å². The zero-order valence-corrected chi connectivity index (χ0v) is 13.7. The lowest BCUT2D eigenvalue weighted by Crippen LogP contribution is -2.16. The summed E-state index contributed by atoms with van der Waals surface area (Å²) < 4.78 is 68.1. The molecule has 1 rings (SSSR count). The molecule has 10 nitrogen and oxygen atoms in total. The Labute approximate surface area is 137 Å². The molecule has 134 valence electrons. The first-order valence-corrected chi connectivity index (χ1v) is 9.54. The van der Waals surface area contributed by atoms with Crippen LogP contribution in [0.15, 0.2) is 24.3 Å². The second-order valence-electron chi connectivity index (χ2n) is 4.42. The van der Waals surface area contributed by atoms with Crippen molar-refractivity contribution in [3.8, 4) is 0 Å². The predicted octanol–water partition coefficient (Wildman–Crippen LogP) is -0.224. The van der Waals surface area contributed by atoms with Gasteiger partial charge in [-0.1, -0.05) is 0 Å². The zero-order chi connectivity index (χ0) is 18.4. The first-order chi connectivity index (χ1) is 11.0. The van der Waals surface area contributed by atoms with Crippen molar-refractivity contribution in [1.29, 1.82) is 0 Å². The summed E-state index contributed by atoms with van der Waals surface area (Å²) in [6, 6.07) is 4.87. The molecule has 0 aliphatic rings. The highest BCUT2D eigenvalue weighted by Gasteiger charge is 2.13. The second kappa shape index (κ2) is 8.19. The molecular formula is C12H14O10S2. The number of benzene rings is 1. The van der Waals surface area contributed by atoms with Gasteiger partial charge in [0.15, 0.2) is 0 Å². The van der Waals surface area contributed by atoms with Crippen LogP contribution in [0.5, 0.6) is 0 Å². The fourth-order valence-electron chi connectivity index (χ4n) is 1.39. The van der Waals surface area contributed by atoms with Crippen LogP contribution in [0.3, 0.4) is 0 Å². The van der Waals surface area contributed by atoms with Gasteiger partial charge in [0, 0.05) is 0 Å². The van der Waals surface area contributed by atoms with E-state index in [4.69, 9.17) is 9.11 Å². The standard InChI is InChI=1S/C12H14O10S2/c13-11(21-5-7-23(15,16)17)9-1-2-10(4-3-9)12(14)22-6-8-24(18,19)20/h1-4H,5-8H2,(H,15,16,17)(H,18,19,20). The van der Waals surface area contributed by atoms with Gasteiger partial charge in [0.2, 0.25) is 0 Å². The van der Waals surface area contributed by atoms with Gasteiger partial charge in [-0.15, -0.1) is 0 Å². The summed E-state index contributed by atoms with van der Waals surface area (Å²) in [4.78, 5) is 23.2. The third kappa shape index (κ3) is 8.01. The van der Waals surface area contributed by atoms with Crippen molar-refractivity contribution < 1.29 is 45.0 Å². The summed E-state index contributed by atoms with van der Waals surface area (Å²) in [7, 11) is -8.48. The van der Waals surface area contributed by atoms with Crippen molar-refractivity contribution in [2.45, 2.75) is 0 Å². The molecule has 0 atom stereocenters. The third-order valence-electron chi connectivity index (χ3n) is 2.51. The van der Waals surface area contributed by atoms with E-state index in [0.29, 0.717) is 0 Å². The molecule has 1 aromatic rings. The first kappa shape index (κ1) is 20.0. The van der Waals surface area contributed by atoms with Gasteiger partial charge >= 0.3 is 11.9 Å². The number of ether oxygens (including phenoxy) is 2. The van der Waals surface area contributed by atoms with Crippen LogP contribution in [0.4, 0.5) is 0 Å². The summed E-state index contributed by atoms with van der Waals surface area (Å²) >= 11 is 0. The first-order valence-electron chi connectivity index (χ1n) is 6.32. The molecule has 0 heterocycles. The molecule has 24 heavy (non-hydrogen) atoms. The van der Waals surface area contributed by atoms with Gasteiger partial charge in [-0.3, -0.25) is 9.11 Å². The van der Waals surface area contributed by atoms with E-state index in [1.165, 1.54) is 24.3 Å². The van der Waals surface area contributed by atoms with Crippen LogP contribution >= 0.6 is 0 Å². The molecule has 0 spiro atoms. The van der Waals surface area contributed by atoms with E-state index in [1.807, 2.05) is 0 Å². The molecule has 0 aliphatic carbocycles. The smallest absolute Gasteiger partial charge is 0.338 e. The van der Waals surface area contributed by atoms with Gasteiger partial charge < -0.3 is 9.47 Å². The van der Waals surface area contributed by atoms with Gasteiger partial charge in [-0.2, -0.15) is 16.8 Å². The molecule has 0 aliphatic heterocycles. The Hall–Kier alpha value is -2.02. The number of carbonyl (C=O) groups is 2. The monoisotopic (exact) mass is 382 g/mol. The molecule has 0 aromatic heterocycles. The van der Waals surface area contributed by atoms with E-state index >= 15 is 0 Å². The number of carbonyl (C=O) groups excluding carboxylic acids is 2. The lowest BCUT2D eigenvalue weighted by molar-refractivity contribution is 0.0513. The molecule has 0 amide bonds. The van der Waals surface area contributed by atoms with Gasteiger partial charge in [-0.05, 0) is 24.3 Å². The Morgan fingerprint density at radius 1 is 0.750 bits per heavy atom. The minimum Gasteiger partial charge on any atom is -0.461 e. The molecule has 0 bridgehead atoms. The van der Waals surface area contributed by atoms with Gasteiger partial charge in [-0.25, -0.2) is 9.59 Å². The van der Waals surface area contributed by atoms with E-state index in [-0.39, 0.29) is 11.1 Å². The van der Waals surface area contributed by atoms with Crippen LogP contribution in [0.1, 0.15) is 20.7 Å². The fourth-order valence-corrected chi connectivity index (χ4v) is 1.98. The molecule has 0 radical (unpaired) electrons. The lowest BCUT2D eigenvalue weighted by atomic mass is 10.1. The van der Waals surface area contributed by atoms with Crippen LogP contribution in [0.25, 0.3) is 0 Å². The number of rotatable bonds is 8. The van der Waals surface area contributed by atoms with E-state index in [0.717, 1.165) is 0 Å². The molecule has 0 saturated carbocycles. The van der Waals surface area contributed by atoms with Crippen LogP contribution in [-0.4, -0.2) is 62.6 Å². The molecular weight excluding hydrogens is 368 g/mol. The third-order valence-corrected chi connectivity index (χ3v) is 3.87. The van der Waals surface area contributed by atoms with Crippen LogP contribution in [0.2, 0.25) is 0 Å². The molecule has 2 N–H and O–H groups in total. The van der Waals surface area contributed by atoms with Gasteiger partial charge in [0.05, 0.1) is 11.1 Å². The SMILES string of the molecule is O=C(OCCS(=O)(=O)O)c1ccc(C(=O)OCCS(=O)(=O)O)cc1. The summed E-state index contributed by atoms with van der Waals surface area (Å²) in [5.41, 5.74) is 0.0552. The minimum absolute atomic E-state index is 0.0276. The van der Waals surface area contributed by atoms with Crippen LogP contribution in [-0.2, 0) is 29.7 Å². The van der Waals surface area contributed by atoms with Crippen molar-refractivity contribution in [1.82, 2.24) is 0 Å². The number of hydrogen-bond acceptors (Lipinski definition) is 8. The molecule has 0 fully saturated rings. The van der Waals surface area contributed by atoms with E-state index in [2.05, 4.69) is 9.47 Å². The maximum absolute atomic E-state index is 11.6. The van der Waals surface area contributed by atoms with Gasteiger partial charge in [0.1, 0.15) is 24.7 Å². The van der Waals surface area contributed by atoms with Gasteiger partial charge in [0.25, 0.3) is 20.2 Å². The highest BCUT2D eigenvalue weighted by Crippen LogP contribution is 2.08. The normalized spacial score (nSPS) is 11.8. The predicted molar refractivity (Wildman–Crippen MR) is 79.8 cm³/mol. The Bertz CT molecular complexity index is 724. The molecule has 1 aromatic carbocycles. The van der Waals surface area contributed by atoms with Crippen molar-refractivity contribution in [2.75, 3.05) is 24.7 Å². The summed E-state index contributed by atoms with van der Waals surface area (Å²) in [6.07, 6.45) is 0. The van der Waals surface area contributed by atoms with Crippen molar-refractivity contribution in [3.63, 3.8) is 0 Å². The zero-order valence-electron chi connectivity index (χ0n) is 12.1. The van der Waals surface area contributed by atoms with Crippen molar-refractivity contribution >= 4 is 32.2 Å². The topological polar surface area (TPSA) is 161 Å². The minimum atomic E-state index is -4.24. The molecule has 0 unspecified atom stereocenters. The van der Waals surface area contributed by atoms with Crippen molar-refractivity contribution in [3.05, 3.63) is 35.4 Å². The highest BCUT2D eigenvalue weighted by molar-refractivity contribution is 7.86. The summed E-state index contributed by atoms with van der Waals surface area (Å²) in [5, 5.41) is 0. The maximum atomic E-state index is 11.6. The molecule has 12 heteroatoms. The molecule has 0 saturated heterocycles. The van der Waals surface area contributed by atoms with Crippen LogP contribution < -0.4 is 0 Å². The van der Waals surface area contributed by atoms with E-state index in [1.54, 1.807) is 0 Å². The average Bonchev–Trinajstić information content (AvgIpc) is 2.44. The Balaban J connectivity index is 2.55. The lowest BCUT2D eigenvalue weighted by Gasteiger charge is -2.06. The quantitative estimate of drug-likeness (QED) is 0.454. The Morgan fingerprint density at radius 2 is 1.04 bits per heavy atom. The van der Waals surface area contributed by atoms with Crippen LogP contribution in [0, 0.1) is 0 Å². The number of esters is 2. The Morgan fingerprint density at radius 3 is 1.29 bits per heavy atom. The summed E-state index contributed by atoms with van der Waals surface area (Å²) in [5.74, 6) is -3.19. The number of hydrogen-bond donors (Lipinski definition) is 2.